The van der Waals surface area contributed by atoms with Crippen LogP contribution in [0.5, 0.6) is 0 Å². The third-order valence-electron chi connectivity index (χ3n) is 2.79. The maximum Gasteiger partial charge on any atom is 0.156 e. The maximum atomic E-state index is 11.9. The first-order valence-electron chi connectivity index (χ1n) is 5.59. The molecule has 0 amide bonds. The molecule has 17 heavy (non-hydrogen) atoms. The van der Waals surface area contributed by atoms with E-state index >= 15 is 0 Å². The summed E-state index contributed by atoms with van der Waals surface area (Å²) in [6.45, 7) is 0.919. The van der Waals surface area contributed by atoms with Gasteiger partial charge in [-0.3, -0.25) is 0 Å². The molecular weight excluding hydrogens is 260 g/mol. The van der Waals surface area contributed by atoms with Crippen LogP contribution in [0.4, 0.5) is 0 Å². The SMILES string of the molecule is O=S(=O)(Cc1ccc(Cl)nc1)C[C@H]1CCCN1. The van der Waals surface area contributed by atoms with Crippen molar-refractivity contribution in [1.82, 2.24) is 10.3 Å². The van der Waals surface area contributed by atoms with Gasteiger partial charge in [0.1, 0.15) is 5.15 Å². The number of sulfone groups is 1. The van der Waals surface area contributed by atoms with Gasteiger partial charge in [-0.15, -0.1) is 0 Å². The Balaban J connectivity index is 1.98. The topological polar surface area (TPSA) is 59.1 Å². The third kappa shape index (κ3) is 3.94. The average Bonchev–Trinajstić information content (AvgIpc) is 2.73. The van der Waals surface area contributed by atoms with Gasteiger partial charge in [0.2, 0.25) is 0 Å². The van der Waals surface area contributed by atoms with Crippen molar-refractivity contribution in [3.8, 4) is 0 Å². The molecule has 0 radical (unpaired) electrons. The zero-order chi connectivity index (χ0) is 12.3. The Bertz CT molecular complexity index is 467. The quantitative estimate of drug-likeness (QED) is 0.844. The lowest BCUT2D eigenvalue weighted by atomic mass is 10.3. The number of rotatable bonds is 4. The van der Waals surface area contributed by atoms with E-state index in [0.29, 0.717) is 10.7 Å². The molecule has 0 saturated carbocycles. The smallest absolute Gasteiger partial charge is 0.156 e. The van der Waals surface area contributed by atoms with Crippen LogP contribution in [-0.4, -0.2) is 31.7 Å². The minimum atomic E-state index is -3.08. The van der Waals surface area contributed by atoms with Crippen LogP contribution in [0.2, 0.25) is 5.15 Å². The second kappa shape index (κ2) is 5.33. The Kier molecular flexibility index (Phi) is 4.01. The highest BCUT2D eigenvalue weighted by Gasteiger charge is 2.22. The van der Waals surface area contributed by atoms with Gasteiger partial charge in [0, 0.05) is 12.2 Å². The van der Waals surface area contributed by atoms with Crippen LogP contribution in [0.25, 0.3) is 0 Å². The van der Waals surface area contributed by atoms with E-state index < -0.39 is 9.84 Å². The monoisotopic (exact) mass is 274 g/mol. The second-order valence-corrected chi connectivity index (χ2v) is 6.83. The molecule has 1 atom stereocenters. The Hall–Kier alpha value is -0.650. The molecule has 0 unspecified atom stereocenters. The second-order valence-electron chi connectivity index (χ2n) is 4.34. The molecule has 6 heteroatoms. The summed E-state index contributed by atoms with van der Waals surface area (Å²) in [6, 6.07) is 3.43. The van der Waals surface area contributed by atoms with Crippen molar-refractivity contribution in [3.05, 3.63) is 29.0 Å². The first-order chi connectivity index (χ1) is 8.05. The predicted octanol–water partition coefficient (Wildman–Crippen LogP) is 1.40. The summed E-state index contributed by atoms with van der Waals surface area (Å²) in [4.78, 5) is 3.88. The highest BCUT2D eigenvalue weighted by atomic mass is 35.5. The number of pyridine rings is 1. The summed E-state index contributed by atoms with van der Waals surface area (Å²) >= 11 is 5.65. The van der Waals surface area contributed by atoms with Crippen LogP contribution in [0.3, 0.4) is 0 Å². The van der Waals surface area contributed by atoms with E-state index in [0.717, 1.165) is 19.4 Å². The van der Waals surface area contributed by atoms with Crippen molar-refractivity contribution in [1.29, 1.82) is 0 Å². The Morgan fingerprint density at radius 3 is 2.88 bits per heavy atom. The van der Waals surface area contributed by atoms with Crippen LogP contribution in [-0.2, 0) is 15.6 Å². The van der Waals surface area contributed by atoms with Crippen LogP contribution in [0.1, 0.15) is 18.4 Å². The first-order valence-corrected chi connectivity index (χ1v) is 7.79. The zero-order valence-corrected chi connectivity index (χ0v) is 11.0. The molecule has 4 nitrogen and oxygen atoms in total. The fourth-order valence-electron chi connectivity index (χ4n) is 2.01. The Labute approximate surface area is 106 Å². The molecule has 2 rings (SSSR count). The Morgan fingerprint density at radius 2 is 2.29 bits per heavy atom. The molecule has 1 aromatic heterocycles. The van der Waals surface area contributed by atoms with Crippen molar-refractivity contribution in [2.24, 2.45) is 0 Å². The summed E-state index contributed by atoms with van der Waals surface area (Å²) < 4.78 is 23.9. The van der Waals surface area contributed by atoms with E-state index in [1.165, 1.54) is 6.20 Å². The van der Waals surface area contributed by atoms with Crippen LogP contribution in [0, 0.1) is 0 Å². The molecule has 1 saturated heterocycles. The number of nitrogens with one attached hydrogen (secondary N) is 1. The number of hydrogen-bond acceptors (Lipinski definition) is 4. The van der Waals surface area contributed by atoms with E-state index in [-0.39, 0.29) is 17.5 Å². The number of hydrogen-bond donors (Lipinski definition) is 1. The summed E-state index contributed by atoms with van der Waals surface area (Å²) in [7, 11) is -3.08. The van der Waals surface area contributed by atoms with E-state index in [1.807, 2.05) is 0 Å². The van der Waals surface area contributed by atoms with E-state index in [9.17, 15) is 8.42 Å². The first kappa shape index (κ1) is 12.8. The average molecular weight is 275 g/mol. The zero-order valence-electron chi connectivity index (χ0n) is 9.39. The minimum absolute atomic E-state index is 0.0371. The molecule has 1 fully saturated rings. The van der Waals surface area contributed by atoms with Gasteiger partial charge in [-0.1, -0.05) is 17.7 Å². The van der Waals surface area contributed by atoms with Gasteiger partial charge in [0.15, 0.2) is 9.84 Å². The molecule has 1 N–H and O–H groups in total. The standard InChI is InChI=1S/C11H15ClN2O2S/c12-11-4-3-9(6-14-11)7-17(15,16)8-10-2-1-5-13-10/h3-4,6,10,13H,1-2,5,7-8H2/t10-/m1/s1. The van der Waals surface area contributed by atoms with Crippen LogP contribution in [0.15, 0.2) is 18.3 Å². The van der Waals surface area contributed by atoms with Gasteiger partial charge >= 0.3 is 0 Å². The third-order valence-corrected chi connectivity index (χ3v) is 4.70. The largest absolute Gasteiger partial charge is 0.313 e. The lowest BCUT2D eigenvalue weighted by Gasteiger charge is -2.10. The normalized spacial score (nSPS) is 20.6. The van der Waals surface area contributed by atoms with Crippen LogP contribution < -0.4 is 5.32 Å². The van der Waals surface area contributed by atoms with Crippen molar-refractivity contribution in [3.63, 3.8) is 0 Å². The maximum absolute atomic E-state index is 11.9. The van der Waals surface area contributed by atoms with Gasteiger partial charge in [-0.2, -0.15) is 0 Å². The summed E-state index contributed by atoms with van der Waals surface area (Å²) in [5.41, 5.74) is 0.687. The van der Waals surface area contributed by atoms with E-state index in [1.54, 1.807) is 12.1 Å². The molecule has 0 spiro atoms. The van der Waals surface area contributed by atoms with Crippen molar-refractivity contribution >= 4 is 21.4 Å². The molecule has 1 aliphatic heterocycles. The highest BCUT2D eigenvalue weighted by molar-refractivity contribution is 7.90. The van der Waals surface area contributed by atoms with Crippen molar-refractivity contribution in [2.75, 3.05) is 12.3 Å². The van der Waals surface area contributed by atoms with Gasteiger partial charge in [0.05, 0.1) is 11.5 Å². The molecule has 0 aliphatic carbocycles. The van der Waals surface area contributed by atoms with Gasteiger partial charge in [-0.05, 0) is 31.0 Å². The minimum Gasteiger partial charge on any atom is -0.313 e. The van der Waals surface area contributed by atoms with Crippen molar-refractivity contribution in [2.45, 2.75) is 24.6 Å². The van der Waals surface area contributed by atoms with E-state index in [2.05, 4.69) is 10.3 Å². The number of nitrogens with zero attached hydrogens (tertiary/aromatic N) is 1. The summed E-state index contributed by atoms with van der Waals surface area (Å²) in [6.07, 6.45) is 3.52. The Morgan fingerprint density at radius 1 is 1.47 bits per heavy atom. The van der Waals surface area contributed by atoms with Crippen molar-refractivity contribution < 1.29 is 8.42 Å². The van der Waals surface area contributed by atoms with Gasteiger partial charge < -0.3 is 5.32 Å². The van der Waals surface area contributed by atoms with Crippen LogP contribution >= 0.6 is 11.6 Å². The predicted molar refractivity (Wildman–Crippen MR) is 67.8 cm³/mol. The lowest BCUT2D eigenvalue weighted by molar-refractivity contribution is 0.576. The van der Waals surface area contributed by atoms with E-state index in [4.69, 9.17) is 11.6 Å². The lowest BCUT2D eigenvalue weighted by Crippen LogP contribution is -2.30. The van der Waals surface area contributed by atoms with Gasteiger partial charge in [0.25, 0.3) is 0 Å². The number of aromatic nitrogens is 1. The molecule has 94 valence electrons. The fourth-order valence-corrected chi connectivity index (χ4v) is 3.82. The fraction of sp³-hybridized carbons (Fsp3) is 0.545. The molecule has 0 aromatic carbocycles. The molecule has 0 bridgehead atoms. The molecule has 1 aliphatic rings. The summed E-state index contributed by atoms with van der Waals surface area (Å²) in [5.74, 6) is 0.241. The highest BCUT2D eigenvalue weighted by Crippen LogP contribution is 2.13. The van der Waals surface area contributed by atoms with Gasteiger partial charge in [-0.25, -0.2) is 13.4 Å². The molecule has 2 heterocycles. The molecular formula is C11H15ClN2O2S. The summed E-state index contributed by atoms with van der Waals surface area (Å²) in [5, 5.41) is 3.57. The number of halogens is 1. The molecule has 1 aromatic rings.